The summed E-state index contributed by atoms with van der Waals surface area (Å²) < 4.78 is 11.0. The first kappa shape index (κ1) is 19.7. The molecule has 3 atom stereocenters. The lowest BCUT2D eigenvalue weighted by molar-refractivity contribution is -0.126. The second-order valence-electron chi connectivity index (χ2n) is 7.63. The Morgan fingerprint density at radius 3 is 2.52 bits per heavy atom. The van der Waals surface area contributed by atoms with Crippen molar-refractivity contribution >= 4 is 5.91 Å². The van der Waals surface area contributed by atoms with Gasteiger partial charge in [-0.15, -0.1) is 0 Å². The molecule has 0 radical (unpaired) electrons. The van der Waals surface area contributed by atoms with E-state index in [1.165, 1.54) is 5.56 Å². The summed E-state index contributed by atoms with van der Waals surface area (Å²) in [6.45, 7) is 4.43. The van der Waals surface area contributed by atoms with Gasteiger partial charge in [0.15, 0.2) is 0 Å². The molecule has 0 aliphatic heterocycles. The van der Waals surface area contributed by atoms with E-state index >= 15 is 0 Å². The van der Waals surface area contributed by atoms with Gasteiger partial charge in [-0.25, -0.2) is 0 Å². The largest absolute Gasteiger partial charge is 0.497 e. The van der Waals surface area contributed by atoms with Gasteiger partial charge in [-0.1, -0.05) is 26.0 Å². The molecule has 5 heteroatoms. The Labute approximate surface area is 151 Å². The third-order valence-electron chi connectivity index (χ3n) is 5.49. The molecular weight excluding hydrogens is 316 g/mol. The maximum Gasteiger partial charge on any atom is 0.234 e. The molecular formula is C20H32N2O3. The Hall–Kier alpha value is -1.59. The first-order valence-corrected chi connectivity index (χ1v) is 9.06. The predicted molar refractivity (Wildman–Crippen MR) is 99.6 cm³/mol. The van der Waals surface area contributed by atoms with E-state index in [-0.39, 0.29) is 30.0 Å². The first-order chi connectivity index (χ1) is 11.9. The standard InChI is InChI=1S/C20H32N2O3/c1-20(2)12-11-15(18(19(20)25-4)22-17(23)13-21)8-5-14-6-9-16(24-3)10-7-14/h6-7,9-10,15,18-19H,5,8,11-13,21H2,1-4H3,(H,22,23). The second-order valence-corrected chi connectivity index (χ2v) is 7.63. The number of nitrogens with one attached hydrogen (secondary N) is 1. The van der Waals surface area contributed by atoms with Crippen LogP contribution in [0.1, 0.15) is 38.7 Å². The number of nitrogens with two attached hydrogens (primary N) is 1. The fourth-order valence-electron chi connectivity index (χ4n) is 3.98. The van der Waals surface area contributed by atoms with Crippen molar-refractivity contribution in [3.63, 3.8) is 0 Å². The number of benzene rings is 1. The van der Waals surface area contributed by atoms with Gasteiger partial charge in [0.25, 0.3) is 0 Å². The molecule has 3 unspecified atom stereocenters. The van der Waals surface area contributed by atoms with Gasteiger partial charge in [-0.3, -0.25) is 4.79 Å². The van der Waals surface area contributed by atoms with Crippen LogP contribution in [0.15, 0.2) is 24.3 Å². The summed E-state index contributed by atoms with van der Waals surface area (Å²) in [5, 5.41) is 3.12. The SMILES string of the molecule is COc1ccc(CCC2CCC(C)(C)C(OC)C2NC(=O)CN)cc1. The van der Waals surface area contributed by atoms with E-state index in [1.807, 2.05) is 12.1 Å². The Morgan fingerprint density at radius 1 is 1.28 bits per heavy atom. The molecule has 0 saturated heterocycles. The lowest BCUT2D eigenvalue weighted by atomic mass is 9.66. The number of carbonyl (C=O) groups excluding carboxylic acids is 1. The molecule has 1 aliphatic rings. The summed E-state index contributed by atoms with van der Waals surface area (Å²) in [5.74, 6) is 1.14. The Morgan fingerprint density at radius 2 is 1.96 bits per heavy atom. The minimum Gasteiger partial charge on any atom is -0.497 e. The van der Waals surface area contributed by atoms with Crippen LogP contribution >= 0.6 is 0 Å². The quantitative estimate of drug-likeness (QED) is 0.794. The van der Waals surface area contributed by atoms with E-state index in [2.05, 4.69) is 31.3 Å². The molecule has 1 fully saturated rings. The highest BCUT2D eigenvalue weighted by Crippen LogP contribution is 2.41. The van der Waals surface area contributed by atoms with Crippen molar-refractivity contribution in [1.82, 2.24) is 5.32 Å². The molecule has 1 aromatic carbocycles. The molecule has 5 nitrogen and oxygen atoms in total. The smallest absolute Gasteiger partial charge is 0.234 e. The highest BCUT2D eigenvalue weighted by molar-refractivity contribution is 5.78. The minimum atomic E-state index is -0.112. The number of amides is 1. The van der Waals surface area contributed by atoms with Gasteiger partial charge >= 0.3 is 0 Å². The minimum absolute atomic E-state index is 0.00221. The third-order valence-corrected chi connectivity index (χ3v) is 5.49. The lowest BCUT2D eigenvalue weighted by Crippen LogP contribution is -2.58. The summed E-state index contributed by atoms with van der Waals surface area (Å²) in [7, 11) is 3.41. The number of hydrogen-bond acceptors (Lipinski definition) is 4. The molecule has 2 rings (SSSR count). The molecule has 0 spiro atoms. The van der Waals surface area contributed by atoms with Crippen molar-refractivity contribution < 1.29 is 14.3 Å². The van der Waals surface area contributed by atoms with Crippen molar-refractivity contribution in [3.8, 4) is 5.75 Å². The zero-order valence-corrected chi connectivity index (χ0v) is 15.9. The van der Waals surface area contributed by atoms with E-state index in [0.29, 0.717) is 5.92 Å². The molecule has 1 aliphatic carbocycles. The molecule has 0 bridgehead atoms. The Bertz CT molecular complexity index is 557. The number of ether oxygens (including phenoxy) is 2. The van der Waals surface area contributed by atoms with Crippen molar-refractivity contribution in [2.75, 3.05) is 20.8 Å². The van der Waals surface area contributed by atoms with Crippen LogP contribution in [-0.4, -0.2) is 38.8 Å². The predicted octanol–water partition coefficient (Wildman–Crippen LogP) is 2.52. The van der Waals surface area contributed by atoms with Crippen LogP contribution in [-0.2, 0) is 16.0 Å². The molecule has 1 aromatic rings. The van der Waals surface area contributed by atoms with Crippen LogP contribution in [0.5, 0.6) is 5.75 Å². The fraction of sp³-hybridized carbons (Fsp3) is 0.650. The summed E-state index contributed by atoms with van der Waals surface area (Å²) in [4.78, 5) is 11.9. The molecule has 3 N–H and O–H groups in total. The molecule has 140 valence electrons. The number of rotatable bonds is 7. The van der Waals surface area contributed by atoms with Crippen molar-refractivity contribution in [2.45, 2.75) is 51.7 Å². The number of carbonyl (C=O) groups is 1. The topological polar surface area (TPSA) is 73.6 Å². The summed E-state index contributed by atoms with van der Waals surface area (Å²) >= 11 is 0. The zero-order chi connectivity index (χ0) is 18.4. The van der Waals surface area contributed by atoms with Crippen LogP contribution < -0.4 is 15.8 Å². The number of methoxy groups -OCH3 is 2. The van der Waals surface area contributed by atoms with Gasteiger partial charge in [-0.2, -0.15) is 0 Å². The zero-order valence-electron chi connectivity index (χ0n) is 15.9. The average molecular weight is 348 g/mol. The third kappa shape index (κ3) is 4.95. The lowest BCUT2D eigenvalue weighted by Gasteiger charge is -2.47. The van der Waals surface area contributed by atoms with Crippen LogP contribution in [0.4, 0.5) is 0 Å². The first-order valence-electron chi connectivity index (χ1n) is 9.06. The van der Waals surface area contributed by atoms with Crippen molar-refractivity contribution in [2.24, 2.45) is 17.1 Å². The number of hydrogen-bond donors (Lipinski definition) is 2. The van der Waals surface area contributed by atoms with Gasteiger partial charge in [0.2, 0.25) is 5.91 Å². The van der Waals surface area contributed by atoms with Gasteiger partial charge in [-0.05, 0) is 54.7 Å². The summed E-state index contributed by atoms with van der Waals surface area (Å²) in [6, 6.07) is 8.19. The van der Waals surface area contributed by atoms with Crippen molar-refractivity contribution in [3.05, 3.63) is 29.8 Å². The van der Waals surface area contributed by atoms with E-state index < -0.39 is 0 Å². The van der Waals surface area contributed by atoms with E-state index in [0.717, 1.165) is 31.4 Å². The van der Waals surface area contributed by atoms with Gasteiger partial charge in [0.05, 0.1) is 25.8 Å². The molecule has 1 saturated carbocycles. The maximum atomic E-state index is 11.9. The Balaban J connectivity index is 2.08. The fourth-order valence-corrected chi connectivity index (χ4v) is 3.98. The highest BCUT2D eigenvalue weighted by atomic mass is 16.5. The van der Waals surface area contributed by atoms with Crippen LogP contribution in [0.2, 0.25) is 0 Å². The molecule has 1 amide bonds. The second kappa shape index (κ2) is 8.68. The maximum absolute atomic E-state index is 11.9. The molecule has 0 aromatic heterocycles. The van der Waals surface area contributed by atoms with E-state index in [1.54, 1.807) is 14.2 Å². The highest BCUT2D eigenvalue weighted by Gasteiger charge is 2.44. The van der Waals surface area contributed by atoms with Crippen LogP contribution in [0, 0.1) is 11.3 Å². The monoisotopic (exact) mass is 348 g/mol. The van der Waals surface area contributed by atoms with Crippen LogP contribution in [0.3, 0.4) is 0 Å². The van der Waals surface area contributed by atoms with Crippen LogP contribution in [0.25, 0.3) is 0 Å². The molecule has 0 heterocycles. The Kier molecular flexibility index (Phi) is 6.85. The van der Waals surface area contributed by atoms with Gasteiger partial charge < -0.3 is 20.5 Å². The van der Waals surface area contributed by atoms with Gasteiger partial charge in [0.1, 0.15) is 5.75 Å². The molecule has 25 heavy (non-hydrogen) atoms. The van der Waals surface area contributed by atoms with Crippen molar-refractivity contribution in [1.29, 1.82) is 0 Å². The normalized spacial score (nSPS) is 25.4. The average Bonchev–Trinajstić information content (AvgIpc) is 2.61. The van der Waals surface area contributed by atoms with E-state index in [4.69, 9.17) is 15.2 Å². The van der Waals surface area contributed by atoms with Gasteiger partial charge in [0, 0.05) is 7.11 Å². The summed E-state index contributed by atoms with van der Waals surface area (Å²) in [6.07, 6.45) is 4.16. The number of aryl methyl sites for hydroxylation is 1. The van der Waals surface area contributed by atoms with E-state index in [9.17, 15) is 4.79 Å². The summed E-state index contributed by atoms with van der Waals surface area (Å²) in [5.41, 5.74) is 6.84.